The minimum absolute atomic E-state index is 0.0481. The highest BCUT2D eigenvalue weighted by molar-refractivity contribution is 9.09. The van der Waals surface area contributed by atoms with Crippen molar-refractivity contribution >= 4 is 61.0 Å². The minimum atomic E-state index is -1.01. The molecular formula is C24H36N4O6S3. The molecule has 2 aliphatic rings. The molecule has 13 heteroatoms. The largest absolute Gasteiger partial charge is 0.456 e. The molecule has 206 valence electrons. The molecule has 2 aliphatic heterocycles. The van der Waals surface area contributed by atoms with Gasteiger partial charge in [0, 0.05) is 11.5 Å². The molecule has 2 bridgehead atoms. The Labute approximate surface area is 229 Å². The van der Waals surface area contributed by atoms with Crippen molar-refractivity contribution in [2.24, 2.45) is 11.8 Å². The van der Waals surface area contributed by atoms with Crippen molar-refractivity contribution in [3.8, 4) is 0 Å². The summed E-state index contributed by atoms with van der Waals surface area (Å²) < 4.78 is 5.67. The SMILES string of the molecule is C/C=C1\NC(=O)[C@H]2CSSSCC/C=C\[C@H](CC(=O)N[C@H](C(C)C)C(=O)N2)OC(=O)[C@H](C(C)C)NC1=O. The molecule has 0 aromatic rings. The van der Waals surface area contributed by atoms with Crippen LogP contribution in [0.4, 0.5) is 0 Å². The maximum atomic E-state index is 13.2. The van der Waals surface area contributed by atoms with E-state index in [1.165, 1.54) is 26.7 Å². The Morgan fingerprint density at radius 1 is 0.946 bits per heavy atom. The fraction of sp³-hybridized carbons (Fsp3) is 0.625. The standard InChI is InChI=1S/C24H36N4O6S3/c1-6-16-21(30)28-20(14(4)5)24(33)34-15-9-7-8-10-35-37-36-12-17(22(31)25-16)26-23(32)19(13(2)3)27-18(29)11-15/h6-7,9,13-15,17,19-20H,8,10-12H2,1-5H3,(H,25,31)(H,26,32)(H,27,29)(H,28,30)/b9-7-,16-6-/t15-,17-,19-,20+/m1/s1. The number of hydrogen-bond acceptors (Lipinski definition) is 9. The second kappa shape index (κ2) is 15.3. The number of allylic oxidation sites excluding steroid dienone is 2. The number of hydrogen-bond donors (Lipinski definition) is 4. The molecule has 37 heavy (non-hydrogen) atoms. The van der Waals surface area contributed by atoms with E-state index >= 15 is 0 Å². The first kappa shape index (κ1) is 31.1. The fourth-order valence-corrected chi connectivity index (χ4v) is 7.28. The Morgan fingerprint density at radius 2 is 1.65 bits per heavy atom. The van der Waals surface area contributed by atoms with E-state index in [9.17, 15) is 24.0 Å². The lowest BCUT2D eigenvalue weighted by molar-refractivity contribution is -0.153. The highest BCUT2D eigenvalue weighted by atomic mass is 33.5. The highest BCUT2D eigenvalue weighted by Crippen LogP contribution is 2.35. The number of ether oxygens (including phenoxy) is 1. The van der Waals surface area contributed by atoms with E-state index in [0.29, 0.717) is 6.42 Å². The number of amides is 4. The van der Waals surface area contributed by atoms with Crippen LogP contribution < -0.4 is 21.3 Å². The van der Waals surface area contributed by atoms with E-state index in [-0.39, 0.29) is 29.7 Å². The van der Waals surface area contributed by atoms with E-state index in [1.807, 2.05) is 6.08 Å². The van der Waals surface area contributed by atoms with E-state index < -0.39 is 53.8 Å². The van der Waals surface area contributed by atoms with Crippen molar-refractivity contribution in [1.82, 2.24) is 21.3 Å². The predicted octanol–water partition coefficient (Wildman–Crippen LogP) is 2.08. The summed E-state index contributed by atoms with van der Waals surface area (Å²) in [5, 5.41) is 10.7. The van der Waals surface area contributed by atoms with E-state index in [0.717, 1.165) is 5.75 Å². The number of nitrogens with one attached hydrogen (secondary N) is 4. The van der Waals surface area contributed by atoms with Crippen LogP contribution in [0.1, 0.15) is 47.5 Å². The van der Waals surface area contributed by atoms with Crippen LogP contribution in [0.15, 0.2) is 23.9 Å². The molecule has 0 unspecified atom stereocenters. The third kappa shape index (κ3) is 9.93. The molecular weight excluding hydrogens is 536 g/mol. The smallest absolute Gasteiger partial charge is 0.329 e. The molecule has 0 aromatic heterocycles. The molecule has 2 rings (SSSR count). The van der Waals surface area contributed by atoms with Gasteiger partial charge in [0.25, 0.3) is 5.91 Å². The van der Waals surface area contributed by atoms with Crippen LogP contribution >= 0.6 is 31.4 Å². The Morgan fingerprint density at radius 3 is 2.30 bits per heavy atom. The lowest BCUT2D eigenvalue weighted by Crippen LogP contribution is -2.57. The van der Waals surface area contributed by atoms with Gasteiger partial charge in [0.2, 0.25) is 17.7 Å². The quantitative estimate of drug-likeness (QED) is 0.169. The topological polar surface area (TPSA) is 143 Å². The van der Waals surface area contributed by atoms with Crippen molar-refractivity contribution in [1.29, 1.82) is 0 Å². The molecule has 4 atom stereocenters. The summed E-state index contributed by atoms with van der Waals surface area (Å²) in [6, 6.07) is -2.89. The molecule has 0 aliphatic carbocycles. The second-order valence-corrected chi connectivity index (χ2v) is 13.7. The lowest BCUT2D eigenvalue weighted by Gasteiger charge is -2.28. The minimum Gasteiger partial charge on any atom is -0.456 e. The molecule has 10 nitrogen and oxygen atoms in total. The van der Waals surface area contributed by atoms with Gasteiger partial charge in [0.1, 0.15) is 29.9 Å². The molecule has 4 N–H and O–H groups in total. The third-order valence-corrected chi connectivity index (χ3v) is 9.88. The molecule has 4 amide bonds. The van der Waals surface area contributed by atoms with Gasteiger partial charge in [-0.3, -0.25) is 19.2 Å². The van der Waals surface area contributed by atoms with Gasteiger partial charge in [0.05, 0.1) is 6.42 Å². The van der Waals surface area contributed by atoms with Crippen LogP contribution in [0.2, 0.25) is 0 Å². The van der Waals surface area contributed by atoms with Gasteiger partial charge in [-0.05, 0) is 41.1 Å². The molecule has 0 radical (unpaired) electrons. The Hall–Kier alpha value is -2.12. The van der Waals surface area contributed by atoms with Crippen LogP contribution in [0, 0.1) is 11.8 Å². The molecule has 0 saturated carbocycles. The zero-order valence-corrected chi connectivity index (χ0v) is 24.1. The Balaban J connectivity index is 2.55. The molecule has 2 heterocycles. The summed E-state index contributed by atoms with van der Waals surface area (Å²) in [4.78, 5) is 65.4. The van der Waals surface area contributed by atoms with Crippen molar-refractivity contribution in [3.63, 3.8) is 0 Å². The molecule has 1 saturated heterocycles. The summed E-state index contributed by atoms with van der Waals surface area (Å²) in [5.74, 6) is -2.53. The first-order valence-electron chi connectivity index (χ1n) is 12.2. The van der Waals surface area contributed by atoms with Gasteiger partial charge in [-0.2, -0.15) is 0 Å². The normalized spacial score (nSPS) is 29.5. The summed E-state index contributed by atoms with van der Waals surface area (Å²) in [6.07, 6.45) is 4.54. The predicted molar refractivity (Wildman–Crippen MR) is 148 cm³/mol. The summed E-state index contributed by atoms with van der Waals surface area (Å²) in [6.45, 7) is 8.66. The van der Waals surface area contributed by atoms with Crippen LogP contribution in [0.5, 0.6) is 0 Å². The maximum Gasteiger partial charge on any atom is 0.329 e. The molecule has 0 aromatic carbocycles. The molecule has 0 spiro atoms. The van der Waals surface area contributed by atoms with Gasteiger partial charge < -0.3 is 26.0 Å². The van der Waals surface area contributed by atoms with Crippen LogP contribution in [0.25, 0.3) is 0 Å². The average molecular weight is 573 g/mol. The molecule has 1 fully saturated rings. The van der Waals surface area contributed by atoms with Gasteiger partial charge in [-0.1, -0.05) is 61.4 Å². The van der Waals surface area contributed by atoms with E-state index in [2.05, 4.69) is 21.3 Å². The van der Waals surface area contributed by atoms with Crippen LogP contribution in [0.3, 0.4) is 0 Å². The van der Waals surface area contributed by atoms with Crippen molar-refractivity contribution in [2.45, 2.75) is 71.7 Å². The van der Waals surface area contributed by atoms with Gasteiger partial charge in [-0.25, -0.2) is 4.79 Å². The average Bonchev–Trinajstić information content (AvgIpc) is 2.82. The van der Waals surface area contributed by atoms with Crippen molar-refractivity contribution in [3.05, 3.63) is 23.9 Å². The zero-order valence-electron chi connectivity index (χ0n) is 21.7. The van der Waals surface area contributed by atoms with E-state index in [4.69, 9.17) is 4.74 Å². The summed E-state index contributed by atoms with van der Waals surface area (Å²) in [5.41, 5.74) is -0.0481. The zero-order chi connectivity index (χ0) is 27.5. The Bertz CT molecular complexity index is 924. The number of carbonyl (C=O) groups excluding carboxylic acids is 5. The second-order valence-electron chi connectivity index (χ2n) is 9.31. The fourth-order valence-electron chi connectivity index (χ4n) is 3.49. The number of esters is 1. The van der Waals surface area contributed by atoms with Gasteiger partial charge in [0.15, 0.2) is 0 Å². The maximum absolute atomic E-state index is 13.2. The van der Waals surface area contributed by atoms with Crippen molar-refractivity contribution in [2.75, 3.05) is 11.5 Å². The Kier molecular flexibility index (Phi) is 12.9. The van der Waals surface area contributed by atoms with Crippen LogP contribution in [-0.2, 0) is 28.7 Å². The highest BCUT2D eigenvalue weighted by Gasteiger charge is 2.33. The summed E-state index contributed by atoms with van der Waals surface area (Å²) in [7, 11) is 4.49. The number of fused-ring (bicyclic) bond motifs is 7. The number of carbonyl (C=O) groups is 5. The monoisotopic (exact) mass is 572 g/mol. The first-order valence-corrected chi connectivity index (χ1v) is 16.0. The van der Waals surface area contributed by atoms with E-state index in [1.54, 1.807) is 51.5 Å². The van der Waals surface area contributed by atoms with Gasteiger partial charge in [-0.15, -0.1) is 0 Å². The number of rotatable bonds is 2. The third-order valence-electron chi connectivity index (χ3n) is 5.60. The first-order chi connectivity index (χ1) is 17.5. The summed E-state index contributed by atoms with van der Waals surface area (Å²) >= 11 is 0. The lowest BCUT2D eigenvalue weighted by atomic mass is 10.0. The van der Waals surface area contributed by atoms with Gasteiger partial charge >= 0.3 is 5.97 Å². The van der Waals surface area contributed by atoms with Crippen LogP contribution in [-0.4, -0.2) is 65.3 Å². The van der Waals surface area contributed by atoms with Crippen molar-refractivity contribution < 1.29 is 28.7 Å².